The molecule has 0 fully saturated rings. The quantitative estimate of drug-likeness (QED) is 0.0794. The number of hydrogen-bond acceptors (Lipinski definition) is 10. The second kappa shape index (κ2) is 26.4. The Labute approximate surface area is 586 Å². The SMILES string of the molecule is C.C=C(C)C(=O)O.CC1(C(=O)O)CC2c3ccccc3C1c1cccnc12.CC1(C(=O)O)CC2c3ccccc3C1c1cccnc12.CC1(C(=O)O)CC2c3ccccc3C1c1ncccc12.CC1(C(=O)O)CC2c3ccccc3C1c1ncccc12.c1ccc2cc3cnccc3cc2c1. The summed E-state index contributed by atoms with van der Waals surface area (Å²) >= 11 is 0. The van der Waals surface area contributed by atoms with Crippen molar-refractivity contribution in [3.8, 4) is 0 Å². The maximum atomic E-state index is 11.9. The molecule has 15 heteroatoms. The summed E-state index contributed by atoms with van der Waals surface area (Å²) in [6.07, 6.45) is 13.5. The number of benzene rings is 6. The van der Waals surface area contributed by atoms with E-state index in [-0.39, 0.29) is 60.3 Å². The normalized spacial score (nSPS) is 25.4. The first-order chi connectivity index (χ1) is 48.1. The zero-order chi connectivity index (χ0) is 70.2. The number of nitrogens with zero attached hydrogens (tertiary/aromatic N) is 5. The van der Waals surface area contributed by atoms with Crippen molar-refractivity contribution in [3.63, 3.8) is 0 Å². The number of aromatic nitrogens is 5. The second-order valence-electron chi connectivity index (χ2n) is 28.6. The number of fused-ring (bicyclic) bond motifs is 6. The fraction of sp³-hybridized carbons (Fsp3) is 0.256. The maximum absolute atomic E-state index is 11.9. The maximum Gasteiger partial charge on any atom is 0.330 e. The molecule has 0 aliphatic heterocycles. The lowest BCUT2D eigenvalue weighted by Gasteiger charge is -2.48. The smallest absolute Gasteiger partial charge is 0.330 e. The largest absolute Gasteiger partial charge is 0.481 e. The van der Waals surface area contributed by atoms with Crippen LogP contribution in [-0.4, -0.2) is 80.3 Å². The number of carboxylic acid groups (broad SMARTS) is 5. The number of hydrogen-bond donors (Lipinski definition) is 5. The van der Waals surface area contributed by atoms with E-state index in [1.165, 1.54) is 61.8 Å². The molecule has 0 saturated carbocycles. The zero-order valence-corrected chi connectivity index (χ0v) is 56.0. The molecule has 23 rings (SSSR count). The molecule has 12 aliphatic rings. The fourth-order valence-electron chi connectivity index (χ4n) is 17.8. The van der Waals surface area contributed by atoms with Crippen LogP contribution in [0.15, 0.2) is 237 Å². The monoisotopic (exact) mass is 1340 g/mol. The van der Waals surface area contributed by atoms with E-state index in [1.54, 1.807) is 24.8 Å². The van der Waals surface area contributed by atoms with Gasteiger partial charge in [-0.3, -0.25) is 44.1 Å². The van der Waals surface area contributed by atoms with Crippen LogP contribution in [0.5, 0.6) is 0 Å². The van der Waals surface area contributed by atoms with Gasteiger partial charge in [-0.25, -0.2) is 4.79 Å². The van der Waals surface area contributed by atoms with Crippen molar-refractivity contribution in [1.82, 2.24) is 24.9 Å². The molecule has 508 valence electrons. The predicted octanol–water partition coefficient (Wildman–Crippen LogP) is 17.3. The van der Waals surface area contributed by atoms with Gasteiger partial charge >= 0.3 is 29.8 Å². The minimum Gasteiger partial charge on any atom is -0.481 e. The van der Waals surface area contributed by atoms with Gasteiger partial charge in [0.15, 0.2) is 0 Å². The third kappa shape index (κ3) is 11.3. The Kier molecular flexibility index (Phi) is 17.8. The molecular formula is C86H79N5O10. The number of carbonyl (C=O) groups is 5. The molecule has 6 aromatic carbocycles. The Bertz CT molecular complexity index is 4340. The lowest BCUT2D eigenvalue weighted by molar-refractivity contribution is -0.151. The molecule has 11 aromatic rings. The molecule has 15 nitrogen and oxygen atoms in total. The average molecular weight is 1340 g/mol. The van der Waals surface area contributed by atoms with Crippen molar-refractivity contribution < 1.29 is 49.5 Å². The number of rotatable bonds is 5. The summed E-state index contributed by atoms with van der Waals surface area (Å²) in [5, 5.41) is 51.9. The first-order valence-corrected chi connectivity index (χ1v) is 33.8. The summed E-state index contributed by atoms with van der Waals surface area (Å²) < 4.78 is 0. The van der Waals surface area contributed by atoms with Crippen molar-refractivity contribution in [2.75, 3.05) is 0 Å². The van der Waals surface area contributed by atoms with Gasteiger partial charge in [-0.2, -0.15) is 0 Å². The summed E-state index contributed by atoms with van der Waals surface area (Å²) in [4.78, 5) is 79.3. The van der Waals surface area contributed by atoms with Gasteiger partial charge in [0.05, 0.1) is 44.4 Å². The predicted molar refractivity (Wildman–Crippen MR) is 387 cm³/mol. The highest BCUT2D eigenvalue weighted by Gasteiger charge is 2.59. The number of carboxylic acids is 5. The Morgan fingerprint density at radius 3 is 0.960 bits per heavy atom. The summed E-state index contributed by atoms with van der Waals surface area (Å²) in [6.45, 7) is 12.1. The first-order valence-electron chi connectivity index (χ1n) is 33.8. The third-order valence-corrected chi connectivity index (χ3v) is 22.7. The first kappa shape index (κ1) is 68.2. The highest BCUT2D eigenvalue weighted by molar-refractivity contribution is 5.97. The van der Waals surface area contributed by atoms with E-state index >= 15 is 0 Å². The summed E-state index contributed by atoms with van der Waals surface area (Å²) in [5.41, 5.74) is 15.4. The van der Waals surface area contributed by atoms with Crippen molar-refractivity contribution in [3.05, 3.63) is 327 Å². The van der Waals surface area contributed by atoms with Crippen LogP contribution in [0.4, 0.5) is 0 Å². The molecule has 101 heavy (non-hydrogen) atoms. The topological polar surface area (TPSA) is 251 Å². The molecule has 0 amide bonds. The molecule has 8 bridgehead atoms. The van der Waals surface area contributed by atoms with Crippen LogP contribution in [0.2, 0.25) is 0 Å². The average Bonchev–Trinajstić information content (AvgIpc) is 0.727. The Balaban J connectivity index is 0.000000111. The molecule has 12 atom stereocenters. The standard InChI is InChI=1S/4C17H15NO2.C13H9N.C4H6O2.CH4/c2*1-17(16(19)20)9-13-10-5-2-3-6-11(10)14(17)12-7-4-8-18-15(12)13;2*1-17(16(19)20)9-13-10-5-2-3-6-11(10)14(17)15-12(13)7-4-8-18-15;1-2-4-11-8-13-9-14-6-5-12(13)7-10(11)3-1;1-3(2)4(5)6;/h4*2-8,13-14H,9H2,1H3,(H,19,20);1-9H;1H2,2H3,(H,5,6);1H4. The third-order valence-electron chi connectivity index (χ3n) is 22.7. The summed E-state index contributed by atoms with van der Waals surface area (Å²) in [7, 11) is 0. The molecule has 0 spiro atoms. The van der Waals surface area contributed by atoms with E-state index in [1.807, 2.05) is 131 Å². The van der Waals surface area contributed by atoms with Crippen molar-refractivity contribution in [1.29, 1.82) is 0 Å². The summed E-state index contributed by atoms with van der Waals surface area (Å²) in [5.74, 6) is -3.76. The van der Waals surface area contributed by atoms with Crippen molar-refractivity contribution in [2.45, 2.75) is 115 Å². The van der Waals surface area contributed by atoms with Crippen molar-refractivity contribution >= 4 is 51.4 Å². The molecule has 12 aliphatic carbocycles. The fourth-order valence-corrected chi connectivity index (χ4v) is 17.8. The van der Waals surface area contributed by atoms with Gasteiger partial charge < -0.3 is 25.5 Å². The Morgan fingerprint density at radius 1 is 0.337 bits per heavy atom. The van der Waals surface area contributed by atoms with Gasteiger partial charge in [0.25, 0.3) is 0 Å². The summed E-state index contributed by atoms with van der Waals surface area (Å²) in [6, 6.07) is 63.6. The highest BCUT2D eigenvalue weighted by Crippen LogP contribution is 2.64. The molecule has 12 unspecified atom stereocenters. The van der Waals surface area contributed by atoms with Crippen LogP contribution in [0.3, 0.4) is 0 Å². The van der Waals surface area contributed by atoms with Gasteiger partial charge in [-0.05, 0) is 186 Å². The number of aliphatic carboxylic acids is 5. The lowest BCUT2D eigenvalue weighted by atomic mass is 9.54. The van der Waals surface area contributed by atoms with Gasteiger partial charge in [0.2, 0.25) is 0 Å². The van der Waals surface area contributed by atoms with E-state index in [0.717, 1.165) is 56.2 Å². The zero-order valence-electron chi connectivity index (χ0n) is 56.0. The van der Waals surface area contributed by atoms with E-state index in [2.05, 4.69) is 129 Å². The Morgan fingerprint density at radius 2 is 0.604 bits per heavy atom. The lowest BCUT2D eigenvalue weighted by Crippen LogP contribution is -2.45. The van der Waals surface area contributed by atoms with Crippen LogP contribution in [0.1, 0.15) is 205 Å². The molecule has 0 radical (unpaired) electrons. The molecular weight excluding hydrogens is 1260 g/mol. The van der Waals surface area contributed by atoms with Gasteiger partial charge in [-0.15, -0.1) is 0 Å². The van der Waals surface area contributed by atoms with Crippen LogP contribution in [-0.2, 0) is 24.0 Å². The van der Waals surface area contributed by atoms with E-state index in [9.17, 15) is 44.4 Å². The number of pyridine rings is 5. The van der Waals surface area contributed by atoms with Crippen LogP contribution < -0.4 is 0 Å². The highest BCUT2D eigenvalue weighted by atomic mass is 16.4. The molecule has 0 saturated heterocycles. The second-order valence-corrected chi connectivity index (χ2v) is 28.6. The minimum absolute atomic E-state index is 0. The van der Waals surface area contributed by atoms with Crippen molar-refractivity contribution in [2.24, 2.45) is 21.7 Å². The molecule has 5 heterocycles. The van der Waals surface area contributed by atoms with Gasteiger partial charge in [0.1, 0.15) is 0 Å². The van der Waals surface area contributed by atoms with E-state index in [4.69, 9.17) is 5.11 Å². The van der Waals surface area contributed by atoms with Crippen LogP contribution in [0.25, 0.3) is 21.5 Å². The van der Waals surface area contributed by atoms with Gasteiger partial charge in [0, 0.05) is 95.5 Å². The molecule has 5 aromatic heterocycles. The van der Waals surface area contributed by atoms with Crippen LogP contribution in [0, 0.1) is 21.7 Å². The molecule has 5 N–H and O–H groups in total. The van der Waals surface area contributed by atoms with E-state index < -0.39 is 51.5 Å². The van der Waals surface area contributed by atoms with E-state index in [0.29, 0.717) is 25.7 Å². The van der Waals surface area contributed by atoms with Gasteiger partial charge in [-0.1, -0.05) is 160 Å². The Hall–Kier alpha value is -11.3. The minimum atomic E-state index is -0.935. The van der Waals surface area contributed by atoms with Crippen LogP contribution >= 0.6 is 0 Å².